The molecule has 1 aliphatic rings. The predicted octanol–water partition coefficient (Wildman–Crippen LogP) is 0.607. The van der Waals surface area contributed by atoms with Gasteiger partial charge in [0.2, 0.25) is 0 Å². The molecule has 0 aliphatic carbocycles. The van der Waals surface area contributed by atoms with Crippen LogP contribution in [-0.2, 0) is 11.3 Å². The van der Waals surface area contributed by atoms with Gasteiger partial charge in [0.1, 0.15) is 5.60 Å². The molecule has 1 fully saturated rings. The first-order valence-corrected chi connectivity index (χ1v) is 8.00. The van der Waals surface area contributed by atoms with E-state index < -0.39 is 28.5 Å². The van der Waals surface area contributed by atoms with E-state index in [1.807, 2.05) is 0 Å². The minimum Gasteiger partial charge on any atom is -0.444 e. The molecular weight excluding hydrogens is 314 g/mol. The largest absolute Gasteiger partial charge is 0.444 e. The summed E-state index contributed by atoms with van der Waals surface area (Å²) in [4.78, 5) is 39.1. The van der Waals surface area contributed by atoms with Gasteiger partial charge in [-0.25, -0.2) is 9.59 Å². The number of nitrogens with one attached hydrogen (secondary N) is 1. The number of rotatable bonds is 2. The summed E-state index contributed by atoms with van der Waals surface area (Å²) in [5, 5.41) is 10.7. The van der Waals surface area contributed by atoms with Crippen molar-refractivity contribution in [2.24, 2.45) is 0 Å². The molecule has 1 aromatic heterocycles. The monoisotopic (exact) mass is 339 g/mol. The van der Waals surface area contributed by atoms with E-state index in [1.165, 1.54) is 10.8 Å². The number of carbonyl (C=O) groups is 1. The molecule has 0 atom stereocenters. The maximum atomic E-state index is 12.0. The van der Waals surface area contributed by atoms with Crippen molar-refractivity contribution in [3.63, 3.8) is 0 Å². The van der Waals surface area contributed by atoms with Gasteiger partial charge in [-0.15, -0.1) is 0 Å². The maximum Gasteiger partial charge on any atom is 0.410 e. The molecule has 0 spiro atoms. The summed E-state index contributed by atoms with van der Waals surface area (Å²) in [6, 6.07) is 0. The second kappa shape index (κ2) is 6.43. The van der Waals surface area contributed by atoms with Crippen molar-refractivity contribution in [1.29, 1.82) is 0 Å². The summed E-state index contributed by atoms with van der Waals surface area (Å²) >= 11 is 0. The average Bonchev–Trinajstić information content (AvgIpc) is 2.43. The molecule has 0 radical (unpaired) electrons. The molecule has 8 nitrogen and oxygen atoms in total. The van der Waals surface area contributed by atoms with Crippen LogP contribution >= 0.6 is 0 Å². The van der Waals surface area contributed by atoms with Gasteiger partial charge in [-0.05, 0) is 40.5 Å². The standard InChI is InChI=1S/C16H25N3O5/c1-11-9-19(13(21)17-12(11)20)10-16(23)5-7-18(8-6-16)14(22)24-15(2,3)4/h9,23H,5-8,10H2,1-4H3,(H,17,20,21). The first kappa shape index (κ1) is 18.3. The fraction of sp³-hybridized carbons (Fsp3) is 0.688. The summed E-state index contributed by atoms with van der Waals surface area (Å²) in [5.41, 5.74) is -2.24. The average molecular weight is 339 g/mol. The number of amides is 1. The molecule has 2 N–H and O–H groups in total. The van der Waals surface area contributed by atoms with Gasteiger partial charge >= 0.3 is 11.8 Å². The van der Waals surface area contributed by atoms with Crippen molar-refractivity contribution in [1.82, 2.24) is 14.5 Å². The highest BCUT2D eigenvalue weighted by Gasteiger charge is 2.36. The van der Waals surface area contributed by atoms with Gasteiger partial charge in [-0.2, -0.15) is 0 Å². The predicted molar refractivity (Wildman–Crippen MR) is 88.1 cm³/mol. The molecule has 1 aliphatic heterocycles. The van der Waals surface area contributed by atoms with Crippen molar-refractivity contribution < 1.29 is 14.6 Å². The molecule has 0 unspecified atom stereocenters. The summed E-state index contributed by atoms with van der Waals surface area (Å²) in [7, 11) is 0. The molecular formula is C16H25N3O5. The van der Waals surface area contributed by atoms with Gasteiger partial charge in [-0.3, -0.25) is 14.3 Å². The number of aromatic amines is 1. The van der Waals surface area contributed by atoms with E-state index in [9.17, 15) is 19.5 Å². The number of likely N-dealkylation sites (tertiary alicyclic amines) is 1. The molecule has 0 bridgehead atoms. The van der Waals surface area contributed by atoms with Crippen LogP contribution in [0.15, 0.2) is 15.8 Å². The van der Waals surface area contributed by atoms with Crippen LogP contribution < -0.4 is 11.2 Å². The first-order chi connectivity index (χ1) is 11.0. The smallest absolute Gasteiger partial charge is 0.410 e. The van der Waals surface area contributed by atoms with Crippen LogP contribution in [0.25, 0.3) is 0 Å². The highest BCUT2D eigenvalue weighted by Crippen LogP contribution is 2.25. The zero-order chi connectivity index (χ0) is 18.1. The fourth-order valence-corrected chi connectivity index (χ4v) is 2.64. The highest BCUT2D eigenvalue weighted by atomic mass is 16.6. The molecule has 134 valence electrons. The second-order valence-corrected chi connectivity index (χ2v) is 7.39. The second-order valence-electron chi connectivity index (χ2n) is 7.39. The van der Waals surface area contributed by atoms with Crippen LogP contribution in [0, 0.1) is 6.92 Å². The number of nitrogens with zero attached hydrogens (tertiary/aromatic N) is 2. The third kappa shape index (κ3) is 4.47. The first-order valence-electron chi connectivity index (χ1n) is 8.00. The molecule has 0 saturated carbocycles. The van der Waals surface area contributed by atoms with E-state index in [0.29, 0.717) is 31.5 Å². The molecule has 8 heteroatoms. The van der Waals surface area contributed by atoms with Crippen LogP contribution in [-0.4, -0.2) is 49.9 Å². The zero-order valence-electron chi connectivity index (χ0n) is 14.6. The van der Waals surface area contributed by atoms with Crippen LogP contribution in [0.2, 0.25) is 0 Å². The van der Waals surface area contributed by atoms with Gasteiger partial charge in [0.05, 0.1) is 12.1 Å². The Morgan fingerprint density at radius 3 is 2.46 bits per heavy atom. The van der Waals surface area contributed by atoms with E-state index in [1.54, 1.807) is 32.6 Å². The van der Waals surface area contributed by atoms with Gasteiger partial charge in [0.25, 0.3) is 5.56 Å². The Kier molecular flexibility index (Phi) is 4.89. The Bertz CT molecular complexity index is 720. The van der Waals surface area contributed by atoms with Crippen LogP contribution in [0.5, 0.6) is 0 Å². The Hall–Kier alpha value is -2.09. The van der Waals surface area contributed by atoms with Gasteiger partial charge < -0.3 is 14.7 Å². The number of piperidine rings is 1. The van der Waals surface area contributed by atoms with E-state index >= 15 is 0 Å². The van der Waals surface area contributed by atoms with Gasteiger partial charge in [0.15, 0.2) is 0 Å². The minimum absolute atomic E-state index is 0.0750. The van der Waals surface area contributed by atoms with Crippen LogP contribution in [0.3, 0.4) is 0 Å². The molecule has 1 amide bonds. The quantitative estimate of drug-likeness (QED) is 0.821. The number of hydrogen-bond acceptors (Lipinski definition) is 5. The van der Waals surface area contributed by atoms with Crippen molar-refractivity contribution in [2.45, 2.75) is 58.3 Å². The summed E-state index contributed by atoms with van der Waals surface area (Å²) in [5.74, 6) is 0. The van der Waals surface area contributed by atoms with Gasteiger partial charge in [-0.1, -0.05) is 0 Å². The lowest BCUT2D eigenvalue weighted by molar-refractivity contribution is -0.0421. The third-order valence-electron chi connectivity index (χ3n) is 4.00. The molecule has 1 aromatic rings. The van der Waals surface area contributed by atoms with E-state index in [4.69, 9.17) is 4.74 Å². The summed E-state index contributed by atoms with van der Waals surface area (Å²) in [6.07, 6.45) is 1.70. The maximum absolute atomic E-state index is 12.0. The Balaban J connectivity index is 2.03. The van der Waals surface area contributed by atoms with Gasteiger partial charge in [0, 0.05) is 24.8 Å². The molecule has 24 heavy (non-hydrogen) atoms. The minimum atomic E-state index is -1.10. The van der Waals surface area contributed by atoms with Crippen LogP contribution in [0.1, 0.15) is 39.2 Å². The number of carbonyl (C=O) groups excluding carboxylic acids is 1. The molecule has 2 heterocycles. The van der Waals surface area contributed by atoms with Crippen molar-refractivity contribution >= 4 is 6.09 Å². The molecule has 0 aromatic carbocycles. The molecule has 1 saturated heterocycles. The lowest BCUT2D eigenvalue weighted by Crippen LogP contribution is -2.51. The normalized spacial score (nSPS) is 17.6. The Morgan fingerprint density at radius 1 is 1.33 bits per heavy atom. The fourth-order valence-electron chi connectivity index (χ4n) is 2.64. The number of aliphatic hydroxyl groups is 1. The van der Waals surface area contributed by atoms with Crippen molar-refractivity contribution in [3.05, 3.63) is 32.6 Å². The number of aromatic nitrogens is 2. The lowest BCUT2D eigenvalue weighted by Gasteiger charge is -2.38. The number of ether oxygens (including phenoxy) is 1. The van der Waals surface area contributed by atoms with Crippen molar-refractivity contribution in [2.75, 3.05) is 13.1 Å². The highest BCUT2D eigenvalue weighted by molar-refractivity contribution is 5.68. The molecule has 2 rings (SSSR count). The number of H-pyrrole nitrogens is 1. The lowest BCUT2D eigenvalue weighted by atomic mass is 9.91. The van der Waals surface area contributed by atoms with E-state index in [-0.39, 0.29) is 6.54 Å². The Morgan fingerprint density at radius 2 is 1.92 bits per heavy atom. The number of aryl methyl sites for hydroxylation is 1. The topological polar surface area (TPSA) is 105 Å². The Labute approximate surface area is 140 Å². The zero-order valence-corrected chi connectivity index (χ0v) is 14.6. The number of hydrogen-bond donors (Lipinski definition) is 2. The third-order valence-corrected chi connectivity index (χ3v) is 4.00. The SMILES string of the molecule is Cc1cn(CC2(O)CCN(C(=O)OC(C)(C)C)CC2)c(=O)[nH]c1=O. The van der Waals surface area contributed by atoms with Crippen LogP contribution in [0.4, 0.5) is 4.79 Å². The van der Waals surface area contributed by atoms with E-state index in [0.717, 1.165) is 0 Å². The summed E-state index contributed by atoms with van der Waals surface area (Å²) in [6.45, 7) is 7.78. The van der Waals surface area contributed by atoms with E-state index in [2.05, 4.69) is 4.98 Å². The van der Waals surface area contributed by atoms with Crippen molar-refractivity contribution in [3.8, 4) is 0 Å². The summed E-state index contributed by atoms with van der Waals surface area (Å²) < 4.78 is 6.63.